The molecule has 0 saturated heterocycles. The molecule has 3 unspecified atom stereocenters. The van der Waals surface area contributed by atoms with Gasteiger partial charge in [0.2, 0.25) is 0 Å². The topological polar surface area (TPSA) is 0 Å². The van der Waals surface area contributed by atoms with E-state index < -0.39 is 11.8 Å². The van der Waals surface area contributed by atoms with Gasteiger partial charge in [0.05, 0.1) is 0 Å². The van der Waals surface area contributed by atoms with Crippen molar-refractivity contribution in [2.24, 2.45) is 11.8 Å². The molecule has 0 spiro atoms. The summed E-state index contributed by atoms with van der Waals surface area (Å²) < 4.78 is 26.9. The van der Waals surface area contributed by atoms with Gasteiger partial charge in [0.25, 0.3) is 5.92 Å². The molecule has 14 heavy (non-hydrogen) atoms. The van der Waals surface area contributed by atoms with Crippen LogP contribution in [-0.2, 0) is 0 Å². The van der Waals surface area contributed by atoms with Gasteiger partial charge < -0.3 is 0 Å². The molecule has 0 aromatic rings. The summed E-state index contributed by atoms with van der Waals surface area (Å²) in [6.07, 6.45) is 2.93. The second kappa shape index (κ2) is 4.78. The highest BCUT2D eigenvalue weighted by atomic mass is 35.5. The summed E-state index contributed by atoms with van der Waals surface area (Å²) in [5.41, 5.74) is 0. The van der Waals surface area contributed by atoms with Crippen LogP contribution < -0.4 is 0 Å². The molecular formula is C11H19ClF2. The molecule has 0 amide bonds. The van der Waals surface area contributed by atoms with Crippen molar-refractivity contribution in [3.05, 3.63) is 0 Å². The molecule has 1 rings (SSSR count). The van der Waals surface area contributed by atoms with Gasteiger partial charge in [0, 0.05) is 17.7 Å². The highest BCUT2D eigenvalue weighted by Crippen LogP contribution is 2.42. The summed E-state index contributed by atoms with van der Waals surface area (Å²) in [6, 6.07) is 0. The first-order chi connectivity index (χ1) is 6.43. The van der Waals surface area contributed by atoms with Crippen molar-refractivity contribution in [2.45, 2.75) is 57.3 Å². The van der Waals surface area contributed by atoms with Crippen LogP contribution in [0.3, 0.4) is 0 Å². The second-order valence-corrected chi connectivity index (χ2v) is 5.28. The van der Waals surface area contributed by atoms with Crippen LogP contribution in [0.5, 0.6) is 0 Å². The van der Waals surface area contributed by atoms with Crippen LogP contribution in [0.25, 0.3) is 0 Å². The molecule has 1 aliphatic rings. The lowest BCUT2D eigenvalue weighted by Crippen LogP contribution is -2.33. The predicted molar refractivity (Wildman–Crippen MR) is 56.0 cm³/mol. The van der Waals surface area contributed by atoms with Crippen molar-refractivity contribution in [2.75, 3.05) is 0 Å². The lowest BCUT2D eigenvalue weighted by atomic mass is 9.79. The van der Waals surface area contributed by atoms with Crippen LogP contribution in [0.4, 0.5) is 8.78 Å². The fourth-order valence-corrected chi connectivity index (χ4v) is 2.20. The minimum absolute atomic E-state index is 0.00673. The Morgan fingerprint density at radius 2 is 2.00 bits per heavy atom. The maximum absolute atomic E-state index is 13.4. The third-order valence-electron chi connectivity index (χ3n) is 3.35. The van der Waals surface area contributed by atoms with Crippen molar-refractivity contribution >= 4 is 11.6 Å². The zero-order valence-electron chi connectivity index (χ0n) is 8.90. The molecule has 0 aromatic heterocycles. The van der Waals surface area contributed by atoms with Crippen LogP contribution in [0.2, 0.25) is 0 Å². The van der Waals surface area contributed by atoms with E-state index in [1.54, 1.807) is 0 Å². The van der Waals surface area contributed by atoms with Crippen LogP contribution in [0.1, 0.15) is 46.0 Å². The number of alkyl halides is 3. The SMILES string of the molecule is CC(Cl)C(C)CC1CCCCC1(F)F. The molecule has 0 heterocycles. The number of hydrogen-bond acceptors (Lipinski definition) is 0. The molecule has 0 aromatic carbocycles. The number of hydrogen-bond donors (Lipinski definition) is 0. The van der Waals surface area contributed by atoms with Crippen LogP contribution in [0.15, 0.2) is 0 Å². The number of rotatable bonds is 3. The van der Waals surface area contributed by atoms with Crippen LogP contribution in [0, 0.1) is 11.8 Å². The van der Waals surface area contributed by atoms with Crippen molar-refractivity contribution in [3.63, 3.8) is 0 Å². The van der Waals surface area contributed by atoms with Gasteiger partial charge in [0.1, 0.15) is 0 Å². The lowest BCUT2D eigenvalue weighted by molar-refractivity contribution is -0.0922. The molecule has 0 aliphatic heterocycles. The Hall–Kier alpha value is 0.150. The third-order valence-corrected chi connectivity index (χ3v) is 3.78. The van der Waals surface area contributed by atoms with E-state index in [2.05, 4.69) is 0 Å². The minimum Gasteiger partial charge on any atom is -0.207 e. The average Bonchev–Trinajstić information content (AvgIpc) is 2.08. The first-order valence-electron chi connectivity index (χ1n) is 5.45. The van der Waals surface area contributed by atoms with Gasteiger partial charge in [-0.1, -0.05) is 13.3 Å². The molecule has 0 bridgehead atoms. The van der Waals surface area contributed by atoms with Gasteiger partial charge in [-0.15, -0.1) is 11.6 Å². The van der Waals surface area contributed by atoms with Gasteiger partial charge >= 0.3 is 0 Å². The predicted octanol–water partition coefficient (Wildman–Crippen LogP) is 4.47. The van der Waals surface area contributed by atoms with Crippen molar-refractivity contribution in [1.29, 1.82) is 0 Å². The minimum atomic E-state index is -2.45. The Kier molecular flexibility index (Phi) is 4.17. The van der Waals surface area contributed by atoms with E-state index in [1.807, 2.05) is 13.8 Å². The van der Waals surface area contributed by atoms with Gasteiger partial charge in [-0.3, -0.25) is 0 Å². The Morgan fingerprint density at radius 3 is 2.50 bits per heavy atom. The Morgan fingerprint density at radius 1 is 1.36 bits per heavy atom. The highest BCUT2D eigenvalue weighted by Gasteiger charge is 2.41. The van der Waals surface area contributed by atoms with E-state index in [0.717, 1.165) is 6.42 Å². The molecule has 3 atom stereocenters. The Bertz CT molecular complexity index is 180. The fraction of sp³-hybridized carbons (Fsp3) is 1.00. The number of halogens is 3. The average molecular weight is 225 g/mol. The molecule has 84 valence electrons. The summed E-state index contributed by atoms with van der Waals surface area (Å²) in [7, 11) is 0. The Balaban J connectivity index is 2.49. The van der Waals surface area contributed by atoms with Gasteiger partial charge in [-0.25, -0.2) is 8.78 Å². The first kappa shape index (κ1) is 12.2. The van der Waals surface area contributed by atoms with Crippen LogP contribution in [-0.4, -0.2) is 11.3 Å². The third kappa shape index (κ3) is 3.08. The van der Waals surface area contributed by atoms with Gasteiger partial charge in [-0.2, -0.15) is 0 Å². The summed E-state index contributed by atoms with van der Waals surface area (Å²) in [5, 5.41) is -0.00673. The van der Waals surface area contributed by atoms with Crippen molar-refractivity contribution in [1.82, 2.24) is 0 Å². The molecule has 0 nitrogen and oxygen atoms in total. The van der Waals surface area contributed by atoms with E-state index in [9.17, 15) is 8.78 Å². The largest absolute Gasteiger partial charge is 0.250 e. The van der Waals surface area contributed by atoms with E-state index in [4.69, 9.17) is 11.6 Å². The second-order valence-electron chi connectivity index (χ2n) is 4.59. The molecule has 3 heteroatoms. The maximum atomic E-state index is 13.4. The monoisotopic (exact) mass is 224 g/mol. The molecule has 0 N–H and O–H groups in total. The Labute approximate surface area is 90.0 Å². The maximum Gasteiger partial charge on any atom is 0.250 e. The molecule has 1 aliphatic carbocycles. The zero-order chi connectivity index (χ0) is 10.8. The van der Waals surface area contributed by atoms with Crippen molar-refractivity contribution in [3.8, 4) is 0 Å². The summed E-state index contributed by atoms with van der Waals surface area (Å²) in [5.74, 6) is -2.70. The van der Waals surface area contributed by atoms with Crippen molar-refractivity contribution < 1.29 is 8.78 Å². The van der Waals surface area contributed by atoms with Gasteiger partial charge in [0.15, 0.2) is 0 Å². The normalized spacial score (nSPS) is 31.1. The zero-order valence-corrected chi connectivity index (χ0v) is 9.66. The standard InChI is InChI=1S/C11H19ClF2/c1-8(9(2)12)7-10-5-3-4-6-11(10,13)14/h8-10H,3-7H2,1-2H3. The molecule has 0 radical (unpaired) electrons. The van der Waals surface area contributed by atoms with Gasteiger partial charge in [-0.05, 0) is 32.1 Å². The highest BCUT2D eigenvalue weighted by molar-refractivity contribution is 6.20. The van der Waals surface area contributed by atoms with Crippen LogP contribution >= 0.6 is 11.6 Å². The summed E-state index contributed by atoms with van der Waals surface area (Å²) >= 11 is 5.90. The molecular weight excluding hydrogens is 206 g/mol. The quantitative estimate of drug-likeness (QED) is 0.621. The molecule has 1 saturated carbocycles. The van der Waals surface area contributed by atoms with E-state index in [0.29, 0.717) is 19.3 Å². The first-order valence-corrected chi connectivity index (χ1v) is 5.89. The van der Waals surface area contributed by atoms with E-state index >= 15 is 0 Å². The van der Waals surface area contributed by atoms with E-state index in [-0.39, 0.29) is 17.7 Å². The summed E-state index contributed by atoms with van der Waals surface area (Å²) in [4.78, 5) is 0. The smallest absolute Gasteiger partial charge is 0.207 e. The van der Waals surface area contributed by atoms with E-state index in [1.165, 1.54) is 0 Å². The fourth-order valence-electron chi connectivity index (χ4n) is 2.09. The summed E-state index contributed by atoms with van der Waals surface area (Å²) in [6.45, 7) is 3.84. The lowest BCUT2D eigenvalue weighted by Gasteiger charge is -2.33. The molecule has 1 fully saturated rings.